The summed E-state index contributed by atoms with van der Waals surface area (Å²) in [5.41, 5.74) is 3.55. The van der Waals surface area contributed by atoms with Gasteiger partial charge in [0.05, 0.1) is 19.8 Å². The SMILES string of the molecule is Cc1nc(CNC(=O)C[C@H]2COCCN2)nc2c1CCCC2. The van der Waals surface area contributed by atoms with Gasteiger partial charge >= 0.3 is 0 Å². The number of fused-ring (bicyclic) bond motifs is 1. The maximum Gasteiger partial charge on any atom is 0.222 e. The number of carbonyl (C=O) groups is 1. The molecule has 0 spiro atoms. The van der Waals surface area contributed by atoms with Gasteiger partial charge in [0.25, 0.3) is 0 Å². The molecule has 0 radical (unpaired) electrons. The van der Waals surface area contributed by atoms with Crippen molar-refractivity contribution >= 4 is 5.91 Å². The van der Waals surface area contributed by atoms with E-state index < -0.39 is 0 Å². The van der Waals surface area contributed by atoms with E-state index in [0.717, 1.165) is 37.5 Å². The fourth-order valence-corrected chi connectivity index (χ4v) is 3.15. The van der Waals surface area contributed by atoms with Crippen molar-refractivity contribution in [2.24, 2.45) is 0 Å². The number of hydrogen-bond donors (Lipinski definition) is 2. The van der Waals surface area contributed by atoms with E-state index in [2.05, 4.69) is 20.6 Å². The van der Waals surface area contributed by atoms with Gasteiger partial charge < -0.3 is 15.4 Å². The van der Waals surface area contributed by atoms with Crippen LogP contribution >= 0.6 is 0 Å². The van der Waals surface area contributed by atoms with Gasteiger partial charge in [0.1, 0.15) is 5.82 Å². The van der Waals surface area contributed by atoms with Crippen LogP contribution in [0.15, 0.2) is 0 Å². The second-order valence-electron chi connectivity index (χ2n) is 6.06. The minimum absolute atomic E-state index is 0.0157. The molecule has 6 nitrogen and oxygen atoms in total. The first-order chi connectivity index (χ1) is 10.7. The van der Waals surface area contributed by atoms with Crippen molar-refractivity contribution in [2.75, 3.05) is 19.8 Å². The van der Waals surface area contributed by atoms with Crippen molar-refractivity contribution in [3.63, 3.8) is 0 Å². The Kier molecular flexibility index (Phi) is 5.00. The van der Waals surface area contributed by atoms with Crippen LogP contribution in [0.1, 0.15) is 42.0 Å². The summed E-state index contributed by atoms with van der Waals surface area (Å²) in [5, 5.41) is 6.20. The summed E-state index contributed by atoms with van der Waals surface area (Å²) in [5.74, 6) is 0.737. The first-order valence-corrected chi connectivity index (χ1v) is 8.15. The lowest BCUT2D eigenvalue weighted by Gasteiger charge is -2.23. The van der Waals surface area contributed by atoms with Crippen LogP contribution in [0.2, 0.25) is 0 Å². The van der Waals surface area contributed by atoms with Crippen molar-refractivity contribution < 1.29 is 9.53 Å². The first kappa shape index (κ1) is 15.4. The van der Waals surface area contributed by atoms with E-state index >= 15 is 0 Å². The van der Waals surface area contributed by atoms with Gasteiger partial charge in [0.15, 0.2) is 0 Å². The van der Waals surface area contributed by atoms with Gasteiger partial charge in [-0.1, -0.05) is 0 Å². The number of hydrogen-bond acceptors (Lipinski definition) is 5. The highest BCUT2D eigenvalue weighted by atomic mass is 16.5. The highest BCUT2D eigenvalue weighted by Gasteiger charge is 2.18. The van der Waals surface area contributed by atoms with E-state index in [4.69, 9.17) is 4.74 Å². The van der Waals surface area contributed by atoms with Crippen LogP contribution in [-0.2, 0) is 28.9 Å². The number of nitrogens with zero attached hydrogens (tertiary/aromatic N) is 2. The molecule has 1 aliphatic heterocycles. The molecule has 2 heterocycles. The molecule has 0 aromatic carbocycles. The average molecular weight is 304 g/mol. The summed E-state index contributed by atoms with van der Waals surface area (Å²) in [7, 11) is 0. The monoisotopic (exact) mass is 304 g/mol. The molecular formula is C16H24N4O2. The largest absolute Gasteiger partial charge is 0.378 e. The quantitative estimate of drug-likeness (QED) is 0.854. The molecule has 2 N–H and O–H groups in total. The summed E-state index contributed by atoms with van der Waals surface area (Å²) >= 11 is 0. The van der Waals surface area contributed by atoms with Crippen LogP contribution in [0.3, 0.4) is 0 Å². The Morgan fingerprint density at radius 1 is 1.36 bits per heavy atom. The van der Waals surface area contributed by atoms with Crippen LogP contribution < -0.4 is 10.6 Å². The Labute approximate surface area is 131 Å². The molecule has 1 saturated heterocycles. The molecule has 1 aliphatic carbocycles. The Morgan fingerprint density at radius 3 is 3.05 bits per heavy atom. The molecule has 1 amide bonds. The number of rotatable bonds is 4. The standard InChI is InChI=1S/C16H24N4O2/c1-11-13-4-2-3-5-14(13)20-15(19-11)9-18-16(21)8-12-10-22-7-6-17-12/h12,17H,2-10H2,1H3,(H,18,21)/t12-/m0/s1. The van der Waals surface area contributed by atoms with Crippen LogP contribution in [0.25, 0.3) is 0 Å². The fourth-order valence-electron chi connectivity index (χ4n) is 3.15. The van der Waals surface area contributed by atoms with E-state index in [1.807, 2.05) is 6.92 Å². The lowest BCUT2D eigenvalue weighted by atomic mass is 9.95. The second kappa shape index (κ2) is 7.15. The predicted molar refractivity (Wildman–Crippen MR) is 82.5 cm³/mol. The van der Waals surface area contributed by atoms with Crippen molar-refractivity contribution in [2.45, 2.75) is 51.6 Å². The summed E-state index contributed by atoms with van der Waals surface area (Å²) in [4.78, 5) is 21.2. The summed E-state index contributed by atoms with van der Waals surface area (Å²) in [6, 6.07) is 0.111. The molecule has 1 atom stereocenters. The lowest BCUT2D eigenvalue weighted by Crippen LogP contribution is -2.44. The normalized spacial score (nSPS) is 21.2. The maximum absolute atomic E-state index is 12.0. The third-order valence-corrected chi connectivity index (χ3v) is 4.31. The molecular weight excluding hydrogens is 280 g/mol. The molecule has 0 bridgehead atoms. The molecule has 0 unspecified atom stereocenters. The molecule has 22 heavy (non-hydrogen) atoms. The van der Waals surface area contributed by atoms with E-state index in [0.29, 0.717) is 19.6 Å². The minimum Gasteiger partial charge on any atom is -0.378 e. The lowest BCUT2D eigenvalue weighted by molar-refractivity contribution is -0.122. The average Bonchev–Trinajstić information content (AvgIpc) is 2.54. The Hall–Kier alpha value is -1.53. The van der Waals surface area contributed by atoms with Gasteiger partial charge in [-0.15, -0.1) is 0 Å². The zero-order valence-corrected chi connectivity index (χ0v) is 13.2. The van der Waals surface area contributed by atoms with Crippen LogP contribution in [0.5, 0.6) is 0 Å². The molecule has 3 rings (SSSR count). The van der Waals surface area contributed by atoms with Crippen molar-refractivity contribution in [1.29, 1.82) is 0 Å². The number of aryl methyl sites for hydroxylation is 2. The Balaban J connectivity index is 1.54. The molecule has 1 aromatic heterocycles. The zero-order chi connectivity index (χ0) is 15.4. The second-order valence-corrected chi connectivity index (χ2v) is 6.06. The summed E-state index contributed by atoms with van der Waals surface area (Å²) in [6.07, 6.45) is 4.97. The van der Waals surface area contributed by atoms with Gasteiger partial charge in [0, 0.05) is 30.4 Å². The number of carbonyl (C=O) groups excluding carboxylic acids is 1. The Bertz CT molecular complexity index is 541. The van der Waals surface area contributed by atoms with Crippen molar-refractivity contribution in [1.82, 2.24) is 20.6 Å². The minimum atomic E-state index is 0.0157. The van der Waals surface area contributed by atoms with E-state index in [-0.39, 0.29) is 11.9 Å². The Morgan fingerprint density at radius 2 is 2.23 bits per heavy atom. The topological polar surface area (TPSA) is 76.1 Å². The molecule has 1 aromatic rings. The molecule has 1 fully saturated rings. The van der Waals surface area contributed by atoms with Gasteiger partial charge in [-0.05, 0) is 38.2 Å². The molecule has 6 heteroatoms. The maximum atomic E-state index is 12.0. The highest BCUT2D eigenvalue weighted by Crippen LogP contribution is 2.21. The van der Waals surface area contributed by atoms with Crippen LogP contribution in [-0.4, -0.2) is 41.7 Å². The van der Waals surface area contributed by atoms with Gasteiger partial charge in [-0.25, -0.2) is 9.97 Å². The van der Waals surface area contributed by atoms with Crippen LogP contribution in [0, 0.1) is 6.92 Å². The van der Waals surface area contributed by atoms with Gasteiger partial charge in [0.2, 0.25) is 5.91 Å². The van der Waals surface area contributed by atoms with Crippen LogP contribution in [0.4, 0.5) is 0 Å². The number of amides is 1. The number of nitrogens with one attached hydrogen (secondary N) is 2. The van der Waals surface area contributed by atoms with Gasteiger partial charge in [-0.2, -0.15) is 0 Å². The van der Waals surface area contributed by atoms with Crippen molar-refractivity contribution in [3.8, 4) is 0 Å². The van der Waals surface area contributed by atoms with Crippen molar-refractivity contribution in [3.05, 3.63) is 22.8 Å². The molecule has 0 saturated carbocycles. The third-order valence-electron chi connectivity index (χ3n) is 4.31. The third kappa shape index (κ3) is 3.81. The number of morpholine rings is 1. The summed E-state index contributed by atoms with van der Waals surface area (Å²) < 4.78 is 5.36. The fraction of sp³-hybridized carbons (Fsp3) is 0.688. The van der Waals surface area contributed by atoms with E-state index in [1.165, 1.54) is 24.1 Å². The smallest absolute Gasteiger partial charge is 0.222 e. The number of aromatic nitrogens is 2. The molecule has 2 aliphatic rings. The van der Waals surface area contributed by atoms with E-state index in [1.54, 1.807) is 0 Å². The zero-order valence-electron chi connectivity index (χ0n) is 13.2. The molecule has 120 valence electrons. The number of ether oxygens (including phenoxy) is 1. The van der Waals surface area contributed by atoms with E-state index in [9.17, 15) is 4.79 Å². The predicted octanol–water partition coefficient (Wildman–Crippen LogP) is 0.659. The summed E-state index contributed by atoms with van der Waals surface area (Å²) in [6.45, 7) is 4.58. The highest BCUT2D eigenvalue weighted by molar-refractivity contribution is 5.76. The van der Waals surface area contributed by atoms with Gasteiger partial charge in [-0.3, -0.25) is 4.79 Å². The first-order valence-electron chi connectivity index (χ1n) is 8.15.